The van der Waals surface area contributed by atoms with Crippen LogP contribution in [0.1, 0.15) is 25.1 Å². The molecule has 0 aliphatic rings. The molecular weight excluding hydrogens is 232 g/mol. The van der Waals surface area contributed by atoms with E-state index in [0.717, 1.165) is 17.1 Å². The second-order valence-electron chi connectivity index (χ2n) is 5.20. The maximum atomic E-state index is 6.22. The average Bonchev–Trinajstić information content (AvgIpc) is 2.56. The summed E-state index contributed by atoms with van der Waals surface area (Å²) in [5.41, 5.74) is 3.69. The van der Waals surface area contributed by atoms with E-state index in [1.165, 1.54) is 16.6 Å². The number of para-hydroxylation sites is 1. The molecule has 2 rings (SSSR count). The molecule has 0 radical (unpaired) electrons. The molecule has 1 aromatic carbocycles. The minimum atomic E-state index is 0.0851. The van der Waals surface area contributed by atoms with Crippen LogP contribution in [0.15, 0.2) is 18.2 Å². The molecule has 0 saturated heterocycles. The summed E-state index contributed by atoms with van der Waals surface area (Å²) in [7, 11) is 1.99. The summed E-state index contributed by atoms with van der Waals surface area (Å²) >= 11 is 6.22. The first-order valence-electron chi connectivity index (χ1n) is 5.89. The fourth-order valence-corrected chi connectivity index (χ4v) is 2.94. The number of aryl methyl sites for hydroxylation is 1. The van der Waals surface area contributed by atoms with E-state index in [2.05, 4.69) is 37.1 Å². The summed E-state index contributed by atoms with van der Waals surface area (Å²) < 4.78 is 0. The van der Waals surface area contributed by atoms with E-state index in [-0.39, 0.29) is 5.41 Å². The second kappa shape index (κ2) is 4.35. The molecule has 0 saturated carbocycles. The van der Waals surface area contributed by atoms with Crippen molar-refractivity contribution in [1.82, 2.24) is 10.3 Å². The highest BCUT2D eigenvalue weighted by molar-refractivity contribution is 6.35. The van der Waals surface area contributed by atoms with Crippen LogP contribution in [0, 0.1) is 6.92 Å². The van der Waals surface area contributed by atoms with Crippen molar-refractivity contribution in [2.75, 3.05) is 13.6 Å². The molecule has 0 atom stereocenters. The molecule has 2 N–H and O–H groups in total. The number of rotatable bonds is 3. The van der Waals surface area contributed by atoms with Gasteiger partial charge in [0, 0.05) is 23.0 Å². The predicted molar refractivity (Wildman–Crippen MR) is 75.0 cm³/mol. The predicted octanol–water partition coefficient (Wildman–Crippen LogP) is 3.63. The zero-order valence-corrected chi connectivity index (χ0v) is 11.6. The van der Waals surface area contributed by atoms with Crippen molar-refractivity contribution in [2.45, 2.75) is 26.2 Å². The normalized spacial score (nSPS) is 12.3. The fourth-order valence-electron chi connectivity index (χ4n) is 2.71. The number of hydrogen-bond acceptors (Lipinski definition) is 1. The van der Waals surface area contributed by atoms with Gasteiger partial charge in [0.1, 0.15) is 0 Å². The smallest absolute Gasteiger partial charge is 0.0648 e. The van der Waals surface area contributed by atoms with Gasteiger partial charge in [-0.15, -0.1) is 0 Å². The Morgan fingerprint density at radius 3 is 2.71 bits per heavy atom. The van der Waals surface area contributed by atoms with E-state index in [1.54, 1.807) is 0 Å². The molecule has 0 aliphatic heterocycles. The Labute approximate surface area is 107 Å². The fraction of sp³-hybridized carbons (Fsp3) is 0.429. The minimum absolute atomic E-state index is 0.0851. The summed E-state index contributed by atoms with van der Waals surface area (Å²) in [6.07, 6.45) is 0. The minimum Gasteiger partial charge on any atom is -0.357 e. The number of likely N-dealkylation sites (N-methyl/N-ethyl adjacent to an activating group) is 1. The monoisotopic (exact) mass is 250 g/mol. The van der Waals surface area contributed by atoms with E-state index in [0.29, 0.717) is 0 Å². The van der Waals surface area contributed by atoms with Crippen molar-refractivity contribution in [3.63, 3.8) is 0 Å². The van der Waals surface area contributed by atoms with E-state index in [4.69, 9.17) is 11.6 Å². The number of H-pyrrole nitrogens is 1. The molecule has 2 nitrogen and oxygen atoms in total. The SMILES string of the molecule is CNCC(C)(C)c1c(C)[nH]c2c(Cl)cccc12. The van der Waals surface area contributed by atoms with Crippen LogP contribution in [0.4, 0.5) is 0 Å². The maximum Gasteiger partial charge on any atom is 0.0648 e. The lowest BCUT2D eigenvalue weighted by Gasteiger charge is -2.25. The van der Waals surface area contributed by atoms with Crippen molar-refractivity contribution in [3.05, 3.63) is 34.5 Å². The highest BCUT2D eigenvalue weighted by Gasteiger charge is 2.26. The second-order valence-corrected chi connectivity index (χ2v) is 5.61. The van der Waals surface area contributed by atoms with Crippen LogP contribution in [0.2, 0.25) is 5.02 Å². The van der Waals surface area contributed by atoms with E-state index in [9.17, 15) is 0 Å². The third-order valence-corrected chi connectivity index (χ3v) is 3.58. The van der Waals surface area contributed by atoms with Crippen LogP contribution in [0.25, 0.3) is 10.9 Å². The molecule has 1 aromatic heterocycles. The first kappa shape index (κ1) is 12.5. The number of halogens is 1. The summed E-state index contributed by atoms with van der Waals surface area (Å²) in [6.45, 7) is 7.55. The van der Waals surface area contributed by atoms with Crippen LogP contribution >= 0.6 is 11.6 Å². The molecule has 0 amide bonds. The number of aromatic nitrogens is 1. The van der Waals surface area contributed by atoms with Crippen LogP contribution in [-0.2, 0) is 5.41 Å². The first-order valence-corrected chi connectivity index (χ1v) is 6.27. The molecule has 1 heterocycles. The largest absolute Gasteiger partial charge is 0.357 e. The van der Waals surface area contributed by atoms with Crippen LogP contribution in [0.5, 0.6) is 0 Å². The highest BCUT2D eigenvalue weighted by Crippen LogP contribution is 2.35. The summed E-state index contributed by atoms with van der Waals surface area (Å²) in [5.74, 6) is 0. The quantitative estimate of drug-likeness (QED) is 0.856. The first-order chi connectivity index (χ1) is 7.97. The Morgan fingerprint density at radius 1 is 1.35 bits per heavy atom. The van der Waals surface area contributed by atoms with Gasteiger partial charge in [0.15, 0.2) is 0 Å². The summed E-state index contributed by atoms with van der Waals surface area (Å²) in [4.78, 5) is 3.40. The van der Waals surface area contributed by atoms with Gasteiger partial charge in [-0.1, -0.05) is 37.6 Å². The summed E-state index contributed by atoms with van der Waals surface area (Å²) in [5, 5.41) is 5.28. The molecule has 17 heavy (non-hydrogen) atoms. The van der Waals surface area contributed by atoms with Crippen molar-refractivity contribution >= 4 is 22.5 Å². The van der Waals surface area contributed by atoms with E-state index in [1.807, 2.05) is 19.2 Å². The zero-order chi connectivity index (χ0) is 12.6. The number of aromatic amines is 1. The van der Waals surface area contributed by atoms with E-state index >= 15 is 0 Å². The highest BCUT2D eigenvalue weighted by atomic mass is 35.5. The van der Waals surface area contributed by atoms with Crippen LogP contribution in [0.3, 0.4) is 0 Å². The van der Waals surface area contributed by atoms with Gasteiger partial charge in [0.2, 0.25) is 0 Å². The number of hydrogen-bond donors (Lipinski definition) is 2. The number of benzene rings is 1. The lowest BCUT2D eigenvalue weighted by molar-refractivity contribution is 0.495. The van der Waals surface area contributed by atoms with E-state index < -0.39 is 0 Å². The lowest BCUT2D eigenvalue weighted by atomic mass is 9.82. The topological polar surface area (TPSA) is 27.8 Å². The molecule has 0 fully saturated rings. The van der Waals surface area contributed by atoms with Gasteiger partial charge < -0.3 is 10.3 Å². The standard InChI is InChI=1S/C14H19ClN2/c1-9-12(14(2,3)8-16-4)10-6-5-7-11(15)13(10)17-9/h5-7,16-17H,8H2,1-4H3. The average molecular weight is 251 g/mol. The van der Waals surface area contributed by atoms with Gasteiger partial charge >= 0.3 is 0 Å². The third kappa shape index (κ3) is 2.07. The zero-order valence-electron chi connectivity index (χ0n) is 10.8. The van der Waals surface area contributed by atoms with Gasteiger partial charge in [0.25, 0.3) is 0 Å². The van der Waals surface area contributed by atoms with Gasteiger partial charge in [-0.3, -0.25) is 0 Å². The van der Waals surface area contributed by atoms with Crippen molar-refractivity contribution in [3.8, 4) is 0 Å². The summed E-state index contributed by atoms with van der Waals surface area (Å²) in [6, 6.07) is 6.07. The molecular formula is C14H19ClN2. The molecule has 0 aliphatic carbocycles. The molecule has 0 bridgehead atoms. The number of nitrogens with one attached hydrogen (secondary N) is 2. The maximum absolute atomic E-state index is 6.22. The molecule has 0 unspecified atom stereocenters. The molecule has 2 aromatic rings. The lowest BCUT2D eigenvalue weighted by Crippen LogP contribution is -2.31. The Bertz CT molecular complexity index is 540. The van der Waals surface area contributed by atoms with Gasteiger partial charge in [-0.2, -0.15) is 0 Å². The Morgan fingerprint density at radius 2 is 2.06 bits per heavy atom. The molecule has 3 heteroatoms. The number of fused-ring (bicyclic) bond motifs is 1. The van der Waals surface area contributed by atoms with Crippen LogP contribution < -0.4 is 5.32 Å². The molecule has 92 valence electrons. The van der Waals surface area contributed by atoms with Gasteiger partial charge in [-0.05, 0) is 25.6 Å². The third-order valence-electron chi connectivity index (χ3n) is 3.27. The van der Waals surface area contributed by atoms with Gasteiger partial charge in [0.05, 0.1) is 10.5 Å². The Balaban J connectivity index is 2.69. The van der Waals surface area contributed by atoms with Crippen LogP contribution in [-0.4, -0.2) is 18.6 Å². The Kier molecular flexibility index (Phi) is 3.19. The van der Waals surface area contributed by atoms with Crippen molar-refractivity contribution in [2.24, 2.45) is 0 Å². The van der Waals surface area contributed by atoms with Crippen molar-refractivity contribution in [1.29, 1.82) is 0 Å². The van der Waals surface area contributed by atoms with Crippen molar-refractivity contribution < 1.29 is 0 Å². The Hall–Kier alpha value is -0.990. The molecule has 0 spiro atoms. The van der Waals surface area contributed by atoms with Gasteiger partial charge in [-0.25, -0.2) is 0 Å².